The summed E-state index contributed by atoms with van der Waals surface area (Å²) < 4.78 is 6.06. The van der Waals surface area contributed by atoms with Crippen LogP contribution in [-0.4, -0.2) is 84.3 Å². The van der Waals surface area contributed by atoms with Crippen molar-refractivity contribution in [3.05, 3.63) is 28.8 Å². The lowest BCUT2D eigenvalue weighted by molar-refractivity contribution is -0.120. The molecule has 10 nitrogen and oxygen atoms in total. The van der Waals surface area contributed by atoms with Crippen molar-refractivity contribution in [1.29, 1.82) is 0 Å². The van der Waals surface area contributed by atoms with Crippen molar-refractivity contribution in [2.24, 2.45) is 5.92 Å². The number of carbonyl (C=O) groups is 4. The van der Waals surface area contributed by atoms with Gasteiger partial charge in [0.2, 0.25) is 5.91 Å². The van der Waals surface area contributed by atoms with Crippen LogP contribution in [0.5, 0.6) is 0 Å². The largest absolute Gasteiger partial charge is 0.465 e. The molecule has 0 atom stereocenters. The summed E-state index contributed by atoms with van der Waals surface area (Å²) in [5, 5.41) is 11.7. The summed E-state index contributed by atoms with van der Waals surface area (Å²) in [5.41, 5.74) is 0.867. The van der Waals surface area contributed by atoms with Crippen LogP contribution in [0.15, 0.2) is 18.2 Å². The van der Waals surface area contributed by atoms with Gasteiger partial charge in [0.1, 0.15) is 0 Å². The van der Waals surface area contributed by atoms with E-state index in [1.807, 2.05) is 0 Å². The maximum Gasteiger partial charge on any atom is 0.407 e. The quantitative estimate of drug-likeness (QED) is 0.530. The highest BCUT2D eigenvalue weighted by Gasteiger charge is 2.29. The number of hydrogen-bond donors (Lipinski definition) is 2. The van der Waals surface area contributed by atoms with Crippen molar-refractivity contribution in [3.8, 4) is 0 Å². The van der Waals surface area contributed by atoms with Crippen molar-refractivity contribution < 1.29 is 29.0 Å². The summed E-state index contributed by atoms with van der Waals surface area (Å²) in [7, 11) is 0. The third-order valence-corrected chi connectivity index (χ3v) is 7.58. The number of ether oxygens (including phenoxy) is 1. The number of carboxylic acid groups (broad SMARTS) is 1. The third kappa shape index (κ3) is 6.47. The molecule has 3 heterocycles. The molecule has 196 valence electrons. The number of amides is 5. The number of hydrogen-bond acceptors (Lipinski definition) is 5. The maximum atomic E-state index is 13.1. The van der Waals surface area contributed by atoms with Gasteiger partial charge in [0.25, 0.3) is 5.91 Å². The van der Waals surface area contributed by atoms with Gasteiger partial charge >= 0.3 is 12.1 Å². The number of rotatable bonds is 7. The zero-order valence-corrected chi connectivity index (χ0v) is 21.0. The Morgan fingerprint density at radius 2 is 1.72 bits per heavy atom. The second kappa shape index (κ2) is 11.9. The highest BCUT2D eigenvalue weighted by atomic mass is 35.5. The van der Waals surface area contributed by atoms with Gasteiger partial charge in [0, 0.05) is 51.3 Å². The molecule has 0 bridgehead atoms. The number of nitrogens with zero attached hydrogens (tertiary/aromatic N) is 3. The highest BCUT2D eigenvalue weighted by Crippen LogP contribution is 2.29. The Kier molecular flexibility index (Phi) is 8.68. The predicted octanol–water partition coefficient (Wildman–Crippen LogP) is 3.58. The van der Waals surface area contributed by atoms with Gasteiger partial charge in [-0.2, -0.15) is 0 Å². The zero-order chi connectivity index (χ0) is 25.7. The Hall–Kier alpha value is -2.85. The Labute approximate surface area is 215 Å². The fourth-order valence-electron chi connectivity index (χ4n) is 5.09. The average Bonchev–Trinajstić information content (AvgIpc) is 2.87. The van der Waals surface area contributed by atoms with Crippen LogP contribution in [-0.2, 0) is 9.53 Å². The van der Waals surface area contributed by atoms with Gasteiger partial charge in [-0.3, -0.25) is 19.8 Å². The molecule has 0 unspecified atom stereocenters. The lowest BCUT2D eigenvalue weighted by Gasteiger charge is -2.33. The minimum atomic E-state index is -0.829. The number of urea groups is 1. The number of halogens is 1. The SMILES string of the molecule is O=C1CCN(c2cc(C(=O)N3CCC(OCCCC4CCN(C(=O)O)CC4)CC3)ccc2Cl)C(=O)N1. The first kappa shape index (κ1) is 26.2. The first-order valence-corrected chi connectivity index (χ1v) is 13.0. The monoisotopic (exact) mass is 520 g/mol. The van der Waals surface area contributed by atoms with Crippen LogP contribution in [0.1, 0.15) is 55.3 Å². The molecule has 2 N–H and O–H groups in total. The van der Waals surface area contributed by atoms with Gasteiger partial charge in [-0.05, 0) is 62.6 Å². The van der Waals surface area contributed by atoms with Crippen molar-refractivity contribution in [2.75, 3.05) is 44.2 Å². The summed E-state index contributed by atoms with van der Waals surface area (Å²) in [5.74, 6) is 0.114. The van der Waals surface area contributed by atoms with E-state index in [0.29, 0.717) is 55.0 Å². The van der Waals surface area contributed by atoms with E-state index in [9.17, 15) is 19.2 Å². The van der Waals surface area contributed by atoms with Crippen molar-refractivity contribution >= 4 is 41.2 Å². The van der Waals surface area contributed by atoms with E-state index in [-0.39, 0.29) is 30.9 Å². The molecule has 3 aliphatic heterocycles. The smallest absolute Gasteiger partial charge is 0.407 e. The molecule has 0 aromatic heterocycles. The van der Waals surface area contributed by atoms with Crippen LogP contribution >= 0.6 is 11.6 Å². The predicted molar refractivity (Wildman–Crippen MR) is 133 cm³/mol. The van der Waals surface area contributed by atoms with Gasteiger partial charge in [0.05, 0.1) is 16.8 Å². The van der Waals surface area contributed by atoms with E-state index in [0.717, 1.165) is 38.5 Å². The minimum Gasteiger partial charge on any atom is -0.465 e. The highest BCUT2D eigenvalue weighted by molar-refractivity contribution is 6.34. The Morgan fingerprint density at radius 1 is 1.03 bits per heavy atom. The van der Waals surface area contributed by atoms with Crippen LogP contribution in [0.3, 0.4) is 0 Å². The normalized spacial score (nSPS) is 20.0. The molecule has 3 saturated heterocycles. The van der Waals surface area contributed by atoms with E-state index < -0.39 is 12.1 Å². The molecule has 3 aliphatic rings. The number of anilines is 1. The second-order valence-electron chi connectivity index (χ2n) is 9.64. The molecule has 5 amide bonds. The Morgan fingerprint density at radius 3 is 2.39 bits per heavy atom. The number of benzene rings is 1. The average molecular weight is 521 g/mol. The topological polar surface area (TPSA) is 119 Å². The Balaban J connectivity index is 1.20. The summed E-state index contributed by atoms with van der Waals surface area (Å²) in [4.78, 5) is 52.5. The minimum absolute atomic E-state index is 0.118. The van der Waals surface area contributed by atoms with E-state index in [4.69, 9.17) is 21.4 Å². The summed E-state index contributed by atoms with van der Waals surface area (Å²) >= 11 is 6.30. The zero-order valence-electron chi connectivity index (χ0n) is 20.3. The van der Waals surface area contributed by atoms with Gasteiger partial charge < -0.3 is 19.6 Å². The molecule has 36 heavy (non-hydrogen) atoms. The standard InChI is InChI=1S/C25H33ClN4O6/c26-20-4-3-18(16-21(20)30-14-9-22(31)27-24(30)33)23(32)28-12-7-19(8-13-28)36-15-1-2-17-5-10-29(11-6-17)25(34)35/h3-4,16-17,19H,1-2,5-15H2,(H,34,35)(H,27,31,33). The van der Waals surface area contributed by atoms with Gasteiger partial charge in [-0.15, -0.1) is 0 Å². The molecule has 0 spiro atoms. The van der Waals surface area contributed by atoms with Crippen LogP contribution in [0.25, 0.3) is 0 Å². The number of likely N-dealkylation sites (tertiary alicyclic amines) is 2. The lowest BCUT2D eigenvalue weighted by atomic mass is 9.92. The molecule has 0 saturated carbocycles. The number of piperidine rings is 2. The fourth-order valence-corrected chi connectivity index (χ4v) is 5.31. The molecule has 1 aromatic rings. The van der Waals surface area contributed by atoms with E-state index in [1.54, 1.807) is 23.1 Å². The molecule has 11 heteroatoms. The van der Waals surface area contributed by atoms with Crippen LogP contribution in [0, 0.1) is 5.92 Å². The summed E-state index contributed by atoms with van der Waals surface area (Å²) in [6.07, 6.45) is 4.84. The molecule has 0 radical (unpaired) electrons. The maximum absolute atomic E-state index is 13.1. The van der Waals surface area contributed by atoms with Crippen molar-refractivity contribution in [2.45, 2.75) is 51.0 Å². The number of nitrogens with one attached hydrogen (secondary N) is 1. The first-order chi connectivity index (χ1) is 17.3. The molecule has 0 aliphatic carbocycles. The lowest BCUT2D eigenvalue weighted by Crippen LogP contribution is -2.49. The fraction of sp³-hybridized carbons (Fsp3) is 0.600. The molecular formula is C25H33ClN4O6. The van der Waals surface area contributed by atoms with Crippen LogP contribution in [0.4, 0.5) is 15.3 Å². The third-order valence-electron chi connectivity index (χ3n) is 7.26. The van der Waals surface area contributed by atoms with Crippen LogP contribution in [0.2, 0.25) is 5.02 Å². The van der Waals surface area contributed by atoms with Gasteiger partial charge in [-0.25, -0.2) is 9.59 Å². The second-order valence-corrected chi connectivity index (χ2v) is 10.0. The van der Waals surface area contributed by atoms with E-state index in [2.05, 4.69) is 5.32 Å². The van der Waals surface area contributed by atoms with E-state index >= 15 is 0 Å². The van der Waals surface area contributed by atoms with Crippen LogP contribution < -0.4 is 10.2 Å². The molecule has 4 rings (SSSR count). The number of imide groups is 1. The van der Waals surface area contributed by atoms with Crippen molar-refractivity contribution in [3.63, 3.8) is 0 Å². The van der Waals surface area contributed by atoms with E-state index in [1.165, 1.54) is 9.80 Å². The van der Waals surface area contributed by atoms with Gasteiger partial charge in [-0.1, -0.05) is 11.6 Å². The first-order valence-electron chi connectivity index (χ1n) is 12.6. The summed E-state index contributed by atoms with van der Waals surface area (Å²) in [6, 6.07) is 4.34. The van der Waals surface area contributed by atoms with Crippen molar-refractivity contribution in [1.82, 2.24) is 15.1 Å². The molecule has 1 aromatic carbocycles. The Bertz CT molecular complexity index is 989. The molecular weight excluding hydrogens is 488 g/mol. The molecule has 3 fully saturated rings. The number of carbonyl (C=O) groups excluding carboxylic acids is 3. The van der Waals surface area contributed by atoms with Gasteiger partial charge in [0.15, 0.2) is 0 Å². The summed E-state index contributed by atoms with van der Waals surface area (Å²) in [6.45, 7) is 3.31.